The molecule has 1 fully saturated rings. The maximum Gasteiger partial charge on any atom is 0.354 e. The number of morpholine rings is 1. The van der Waals surface area contributed by atoms with E-state index >= 15 is 0 Å². The van der Waals surface area contributed by atoms with Crippen LogP contribution in [0.5, 0.6) is 0 Å². The molecular formula is C10H16N6O3. The van der Waals surface area contributed by atoms with Gasteiger partial charge in [0.1, 0.15) is 6.33 Å². The third-order valence-corrected chi connectivity index (χ3v) is 2.84. The van der Waals surface area contributed by atoms with Gasteiger partial charge in [-0.1, -0.05) is 0 Å². The fourth-order valence-corrected chi connectivity index (χ4v) is 2.23. The van der Waals surface area contributed by atoms with Gasteiger partial charge in [-0.05, 0) is 13.8 Å². The first-order valence-corrected chi connectivity index (χ1v) is 5.89. The number of nitrogens with one attached hydrogen (secondary N) is 1. The molecule has 1 aromatic rings. The summed E-state index contributed by atoms with van der Waals surface area (Å²) in [6.45, 7) is 4.90. The van der Waals surface area contributed by atoms with Gasteiger partial charge in [0.05, 0.1) is 17.1 Å². The first-order valence-electron chi connectivity index (χ1n) is 5.89. The number of nitrogens with zero attached hydrogens (tertiary/aromatic N) is 4. The monoisotopic (exact) mass is 268 g/mol. The molecule has 0 unspecified atom stereocenters. The number of nitro groups is 1. The normalized spacial score (nSPS) is 23.2. The van der Waals surface area contributed by atoms with Gasteiger partial charge < -0.3 is 15.1 Å². The molecule has 0 bridgehead atoms. The van der Waals surface area contributed by atoms with Gasteiger partial charge in [-0.25, -0.2) is 15.8 Å². The fourth-order valence-electron chi connectivity index (χ4n) is 2.23. The summed E-state index contributed by atoms with van der Waals surface area (Å²) < 4.78 is 5.60. The Hall–Kier alpha value is -2.00. The van der Waals surface area contributed by atoms with Crippen molar-refractivity contribution in [3.8, 4) is 0 Å². The quantitative estimate of drug-likeness (QED) is 0.456. The number of nitrogens with two attached hydrogens (primary N) is 1. The van der Waals surface area contributed by atoms with Crippen LogP contribution in [0, 0.1) is 10.1 Å². The van der Waals surface area contributed by atoms with E-state index in [0.29, 0.717) is 13.1 Å². The molecule has 3 N–H and O–H groups in total. The zero-order valence-electron chi connectivity index (χ0n) is 10.7. The van der Waals surface area contributed by atoms with Crippen LogP contribution in [-0.2, 0) is 4.74 Å². The molecule has 0 aromatic carbocycles. The summed E-state index contributed by atoms with van der Waals surface area (Å²) in [5, 5.41) is 11.2. The predicted octanol–water partition coefficient (Wildman–Crippen LogP) is 0.284. The van der Waals surface area contributed by atoms with Crippen molar-refractivity contribution in [3.63, 3.8) is 0 Å². The highest BCUT2D eigenvalue weighted by atomic mass is 16.6. The minimum absolute atomic E-state index is 0.00166. The van der Waals surface area contributed by atoms with Gasteiger partial charge >= 0.3 is 5.69 Å². The van der Waals surface area contributed by atoms with Crippen LogP contribution in [0.3, 0.4) is 0 Å². The average Bonchev–Trinajstić information content (AvgIpc) is 2.36. The molecule has 0 amide bonds. The van der Waals surface area contributed by atoms with Gasteiger partial charge in [0, 0.05) is 13.1 Å². The fraction of sp³-hybridized carbons (Fsp3) is 0.600. The van der Waals surface area contributed by atoms with Crippen LogP contribution in [0.15, 0.2) is 6.33 Å². The summed E-state index contributed by atoms with van der Waals surface area (Å²) in [5.41, 5.74) is 2.01. The number of aromatic nitrogens is 2. The SMILES string of the molecule is C[C@@H]1CN(c2ncnc(NN)c2[N+](=O)[O-])C[C@H](C)O1. The average molecular weight is 268 g/mol. The molecule has 1 aliphatic rings. The van der Waals surface area contributed by atoms with Crippen molar-refractivity contribution in [3.05, 3.63) is 16.4 Å². The van der Waals surface area contributed by atoms with E-state index < -0.39 is 4.92 Å². The Morgan fingerprint density at radius 1 is 1.47 bits per heavy atom. The van der Waals surface area contributed by atoms with Gasteiger partial charge in [-0.3, -0.25) is 10.1 Å². The van der Waals surface area contributed by atoms with Crippen LogP contribution < -0.4 is 16.2 Å². The summed E-state index contributed by atoms with van der Waals surface area (Å²) >= 11 is 0. The molecule has 0 aliphatic carbocycles. The number of rotatable bonds is 3. The highest BCUT2D eigenvalue weighted by Crippen LogP contribution is 2.32. The molecule has 2 rings (SSSR count). The number of anilines is 2. The molecule has 104 valence electrons. The summed E-state index contributed by atoms with van der Waals surface area (Å²) in [6, 6.07) is 0. The number of hydrogen-bond donors (Lipinski definition) is 2. The van der Waals surface area contributed by atoms with Crippen LogP contribution in [0.1, 0.15) is 13.8 Å². The lowest BCUT2D eigenvalue weighted by molar-refractivity contribution is -0.383. The van der Waals surface area contributed by atoms with Crippen LogP contribution in [-0.4, -0.2) is 40.2 Å². The van der Waals surface area contributed by atoms with E-state index in [0.717, 1.165) is 0 Å². The number of hydrazine groups is 1. The summed E-state index contributed by atoms with van der Waals surface area (Å²) in [6.07, 6.45) is 1.21. The Morgan fingerprint density at radius 3 is 2.63 bits per heavy atom. The van der Waals surface area contributed by atoms with Gasteiger partial charge in [0.15, 0.2) is 0 Å². The van der Waals surface area contributed by atoms with Crippen molar-refractivity contribution in [1.29, 1.82) is 0 Å². The largest absolute Gasteiger partial charge is 0.372 e. The van der Waals surface area contributed by atoms with Crippen LogP contribution >= 0.6 is 0 Å². The number of nitrogen functional groups attached to an aromatic ring is 1. The second-order valence-corrected chi connectivity index (χ2v) is 4.46. The molecule has 2 atom stereocenters. The van der Waals surface area contributed by atoms with Crippen molar-refractivity contribution in [2.45, 2.75) is 26.1 Å². The zero-order valence-corrected chi connectivity index (χ0v) is 10.7. The molecule has 9 nitrogen and oxygen atoms in total. The molecular weight excluding hydrogens is 252 g/mol. The minimum Gasteiger partial charge on any atom is -0.372 e. The van der Waals surface area contributed by atoms with Crippen LogP contribution in [0.25, 0.3) is 0 Å². The highest BCUT2D eigenvalue weighted by molar-refractivity contribution is 5.70. The van der Waals surface area contributed by atoms with Gasteiger partial charge in [0.2, 0.25) is 11.6 Å². The van der Waals surface area contributed by atoms with Crippen molar-refractivity contribution in [2.24, 2.45) is 5.84 Å². The number of ether oxygens (including phenoxy) is 1. The Balaban J connectivity index is 2.41. The lowest BCUT2D eigenvalue weighted by Gasteiger charge is -2.35. The van der Waals surface area contributed by atoms with Gasteiger partial charge in [-0.2, -0.15) is 0 Å². The van der Waals surface area contributed by atoms with Crippen molar-refractivity contribution >= 4 is 17.3 Å². The smallest absolute Gasteiger partial charge is 0.354 e. The number of hydrogen-bond acceptors (Lipinski definition) is 8. The van der Waals surface area contributed by atoms with E-state index in [-0.39, 0.29) is 29.5 Å². The molecule has 0 saturated carbocycles. The van der Waals surface area contributed by atoms with E-state index in [2.05, 4.69) is 15.4 Å². The molecule has 1 aromatic heterocycles. The molecule has 0 radical (unpaired) electrons. The predicted molar refractivity (Wildman–Crippen MR) is 68.7 cm³/mol. The Kier molecular flexibility index (Phi) is 3.76. The molecule has 0 spiro atoms. The lowest BCUT2D eigenvalue weighted by atomic mass is 10.2. The van der Waals surface area contributed by atoms with E-state index in [1.54, 1.807) is 0 Å². The van der Waals surface area contributed by atoms with E-state index in [4.69, 9.17) is 10.6 Å². The van der Waals surface area contributed by atoms with Crippen molar-refractivity contribution < 1.29 is 9.66 Å². The van der Waals surface area contributed by atoms with Gasteiger partial charge in [-0.15, -0.1) is 0 Å². The Bertz CT molecular complexity index is 472. The first-order chi connectivity index (χ1) is 9.02. The zero-order chi connectivity index (χ0) is 14.0. The van der Waals surface area contributed by atoms with Crippen LogP contribution in [0.2, 0.25) is 0 Å². The summed E-state index contributed by atoms with van der Waals surface area (Å²) in [4.78, 5) is 20.3. The van der Waals surface area contributed by atoms with E-state index in [1.165, 1.54) is 6.33 Å². The standard InChI is InChI=1S/C10H16N6O3/c1-6-3-15(4-7(2)19-6)10-8(16(17)18)9(14-11)12-5-13-10/h5-7H,3-4,11H2,1-2H3,(H,12,13,14)/t6-,7+. The maximum absolute atomic E-state index is 11.2. The van der Waals surface area contributed by atoms with Crippen LogP contribution in [0.4, 0.5) is 17.3 Å². The molecule has 1 saturated heterocycles. The summed E-state index contributed by atoms with van der Waals surface area (Å²) in [7, 11) is 0. The Labute approximate surface area is 109 Å². The second-order valence-electron chi connectivity index (χ2n) is 4.46. The van der Waals surface area contributed by atoms with Crippen molar-refractivity contribution in [1.82, 2.24) is 9.97 Å². The molecule has 9 heteroatoms. The maximum atomic E-state index is 11.2. The van der Waals surface area contributed by atoms with Gasteiger partial charge in [0.25, 0.3) is 0 Å². The molecule has 1 aliphatic heterocycles. The third kappa shape index (κ3) is 2.71. The van der Waals surface area contributed by atoms with E-state index in [9.17, 15) is 10.1 Å². The topological polar surface area (TPSA) is 119 Å². The first kappa shape index (κ1) is 13.4. The Morgan fingerprint density at radius 2 is 2.11 bits per heavy atom. The third-order valence-electron chi connectivity index (χ3n) is 2.84. The van der Waals surface area contributed by atoms with Crippen molar-refractivity contribution in [2.75, 3.05) is 23.4 Å². The lowest BCUT2D eigenvalue weighted by Crippen LogP contribution is -2.46. The molecule has 19 heavy (non-hydrogen) atoms. The minimum atomic E-state index is -0.532. The second kappa shape index (κ2) is 5.33. The molecule has 2 heterocycles. The summed E-state index contributed by atoms with van der Waals surface area (Å²) in [5.74, 6) is 5.51. The van der Waals surface area contributed by atoms with E-state index in [1.807, 2.05) is 18.7 Å². The highest BCUT2D eigenvalue weighted by Gasteiger charge is 2.31.